The lowest BCUT2D eigenvalue weighted by Gasteiger charge is -2.13. The van der Waals surface area contributed by atoms with Crippen LogP contribution in [0.3, 0.4) is 0 Å². The number of methoxy groups -OCH3 is 1. The van der Waals surface area contributed by atoms with Gasteiger partial charge in [0.05, 0.1) is 19.9 Å². The summed E-state index contributed by atoms with van der Waals surface area (Å²) in [5.74, 6) is -0.700. The second-order valence-corrected chi connectivity index (χ2v) is 7.87. The van der Waals surface area contributed by atoms with Gasteiger partial charge in [-0.2, -0.15) is 5.10 Å². The number of hydrazone groups is 1. The summed E-state index contributed by atoms with van der Waals surface area (Å²) in [6, 6.07) is 19.2. The Bertz CT molecular complexity index is 1310. The van der Waals surface area contributed by atoms with E-state index in [9.17, 15) is 14.4 Å². The van der Waals surface area contributed by atoms with E-state index in [-0.39, 0.29) is 12.5 Å². The number of ether oxygens (including phenoxy) is 3. The zero-order chi connectivity index (χ0) is 27.3. The van der Waals surface area contributed by atoms with Gasteiger partial charge >= 0.3 is 11.8 Å². The van der Waals surface area contributed by atoms with Gasteiger partial charge in [0, 0.05) is 17.4 Å². The molecule has 198 valence electrons. The van der Waals surface area contributed by atoms with Gasteiger partial charge in [-0.25, -0.2) is 5.43 Å². The predicted molar refractivity (Wildman–Crippen MR) is 145 cm³/mol. The number of amides is 3. The van der Waals surface area contributed by atoms with Crippen molar-refractivity contribution in [3.05, 3.63) is 77.9 Å². The Balaban J connectivity index is 1.56. The van der Waals surface area contributed by atoms with E-state index in [0.29, 0.717) is 47.2 Å². The topological polar surface area (TPSA) is 127 Å². The van der Waals surface area contributed by atoms with Crippen molar-refractivity contribution >= 4 is 35.3 Å². The molecule has 3 aromatic rings. The number of hydrogen-bond donors (Lipinski definition) is 3. The molecular formula is C28H30N4O6. The van der Waals surface area contributed by atoms with Crippen molar-refractivity contribution < 1.29 is 28.6 Å². The third kappa shape index (κ3) is 8.09. The van der Waals surface area contributed by atoms with Gasteiger partial charge in [-0.05, 0) is 60.9 Å². The zero-order valence-corrected chi connectivity index (χ0v) is 21.4. The highest BCUT2D eigenvalue weighted by Gasteiger charge is 2.14. The van der Waals surface area contributed by atoms with Crippen LogP contribution in [-0.2, 0) is 20.8 Å². The van der Waals surface area contributed by atoms with Crippen molar-refractivity contribution in [3.8, 4) is 17.2 Å². The fourth-order valence-corrected chi connectivity index (χ4v) is 3.38. The van der Waals surface area contributed by atoms with Gasteiger partial charge in [-0.15, -0.1) is 0 Å². The maximum Gasteiger partial charge on any atom is 0.329 e. The molecule has 0 aliphatic heterocycles. The van der Waals surface area contributed by atoms with Crippen LogP contribution in [0, 0.1) is 0 Å². The minimum atomic E-state index is -0.904. The zero-order valence-electron chi connectivity index (χ0n) is 21.4. The van der Waals surface area contributed by atoms with Crippen LogP contribution in [0.15, 0.2) is 71.8 Å². The van der Waals surface area contributed by atoms with Crippen molar-refractivity contribution in [1.29, 1.82) is 0 Å². The predicted octanol–water partition coefficient (Wildman–Crippen LogP) is 3.76. The molecule has 10 heteroatoms. The third-order valence-corrected chi connectivity index (χ3v) is 5.21. The molecule has 0 saturated carbocycles. The molecule has 0 bridgehead atoms. The fourth-order valence-electron chi connectivity index (χ4n) is 3.38. The lowest BCUT2D eigenvalue weighted by Crippen LogP contribution is -2.32. The summed E-state index contributed by atoms with van der Waals surface area (Å²) in [4.78, 5) is 36.7. The molecule has 3 N–H and O–H groups in total. The molecule has 38 heavy (non-hydrogen) atoms. The quantitative estimate of drug-likeness (QED) is 0.202. The molecule has 0 radical (unpaired) electrons. The summed E-state index contributed by atoms with van der Waals surface area (Å²) in [5.41, 5.74) is 4.87. The standard InChI is InChI=1S/C28H30N4O6/c1-4-20-9-6-7-12-23(20)31-27(34)28(35)32-29-17-19-13-14-24(25(15-19)37-5-2)38-18-26(33)30-21-10-8-11-22(16-21)36-3/h6-17H,4-5,18H2,1-3H3,(H,30,33)(H,31,34)(H,32,35)/b29-17-. The highest BCUT2D eigenvalue weighted by Crippen LogP contribution is 2.28. The van der Waals surface area contributed by atoms with Gasteiger partial charge in [-0.1, -0.05) is 31.2 Å². The number of carbonyl (C=O) groups excluding carboxylic acids is 3. The van der Waals surface area contributed by atoms with Crippen LogP contribution in [0.25, 0.3) is 0 Å². The molecule has 3 amide bonds. The van der Waals surface area contributed by atoms with E-state index in [1.54, 1.807) is 61.7 Å². The SMILES string of the molecule is CCOc1cc(/C=N\NC(=O)C(=O)Nc2ccccc2CC)ccc1OCC(=O)Nc1cccc(OC)c1. The molecule has 3 aromatic carbocycles. The second-order valence-electron chi connectivity index (χ2n) is 7.87. The first-order valence-electron chi connectivity index (χ1n) is 12.0. The first-order chi connectivity index (χ1) is 18.4. The Hall–Kier alpha value is -4.86. The average Bonchev–Trinajstić information content (AvgIpc) is 2.93. The number of hydrogen-bond acceptors (Lipinski definition) is 7. The molecule has 0 saturated heterocycles. The number of rotatable bonds is 11. The number of para-hydroxylation sites is 1. The van der Waals surface area contributed by atoms with Crippen LogP contribution < -0.4 is 30.3 Å². The smallest absolute Gasteiger partial charge is 0.329 e. The maximum absolute atomic E-state index is 12.3. The number of aryl methyl sites for hydroxylation is 1. The molecule has 0 unspecified atom stereocenters. The van der Waals surface area contributed by atoms with Crippen molar-refractivity contribution in [2.75, 3.05) is 31.0 Å². The second kappa shape index (κ2) is 14.0. The van der Waals surface area contributed by atoms with E-state index >= 15 is 0 Å². The van der Waals surface area contributed by atoms with Crippen LogP contribution in [0.5, 0.6) is 17.2 Å². The summed E-state index contributed by atoms with van der Waals surface area (Å²) in [6.07, 6.45) is 2.08. The molecule has 3 rings (SSSR count). The largest absolute Gasteiger partial charge is 0.497 e. The molecule has 0 heterocycles. The highest BCUT2D eigenvalue weighted by molar-refractivity contribution is 6.39. The highest BCUT2D eigenvalue weighted by atomic mass is 16.5. The number of nitrogens with zero attached hydrogens (tertiary/aromatic N) is 1. The van der Waals surface area contributed by atoms with Crippen LogP contribution in [0.2, 0.25) is 0 Å². The minimum Gasteiger partial charge on any atom is -0.497 e. The van der Waals surface area contributed by atoms with E-state index in [4.69, 9.17) is 14.2 Å². The van der Waals surface area contributed by atoms with Gasteiger partial charge in [0.15, 0.2) is 18.1 Å². The number of anilines is 2. The molecular weight excluding hydrogens is 488 g/mol. The van der Waals surface area contributed by atoms with Crippen molar-refractivity contribution in [3.63, 3.8) is 0 Å². The van der Waals surface area contributed by atoms with Crippen molar-refractivity contribution in [1.82, 2.24) is 5.43 Å². The molecule has 0 aliphatic rings. The van der Waals surface area contributed by atoms with Gasteiger partial charge in [-0.3, -0.25) is 14.4 Å². The number of carbonyl (C=O) groups is 3. The third-order valence-electron chi connectivity index (χ3n) is 5.21. The Morgan fingerprint density at radius 2 is 1.68 bits per heavy atom. The van der Waals surface area contributed by atoms with E-state index in [1.165, 1.54) is 6.21 Å². The van der Waals surface area contributed by atoms with E-state index in [2.05, 4.69) is 21.2 Å². The van der Waals surface area contributed by atoms with Gasteiger partial charge in [0.2, 0.25) is 0 Å². The normalized spacial score (nSPS) is 10.5. The lowest BCUT2D eigenvalue weighted by molar-refractivity contribution is -0.136. The van der Waals surface area contributed by atoms with Gasteiger partial charge in [0.1, 0.15) is 5.75 Å². The summed E-state index contributed by atoms with van der Waals surface area (Å²) < 4.78 is 16.4. The summed E-state index contributed by atoms with van der Waals surface area (Å²) in [5, 5.41) is 9.18. The summed E-state index contributed by atoms with van der Waals surface area (Å²) >= 11 is 0. The number of benzene rings is 3. The Labute approximate surface area is 221 Å². The Morgan fingerprint density at radius 1 is 0.868 bits per heavy atom. The molecule has 0 fully saturated rings. The van der Waals surface area contributed by atoms with Crippen LogP contribution in [0.4, 0.5) is 11.4 Å². The Kier molecular flexibility index (Phi) is 10.2. The van der Waals surface area contributed by atoms with E-state index in [1.807, 2.05) is 26.0 Å². The van der Waals surface area contributed by atoms with Crippen molar-refractivity contribution in [2.45, 2.75) is 20.3 Å². The number of nitrogens with one attached hydrogen (secondary N) is 3. The summed E-state index contributed by atoms with van der Waals surface area (Å²) in [6.45, 7) is 3.90. The van der Waals surface area contributed by atoms with Crippen LogP contribution in [-0.4, -0.2) is 44.3 Å². The molecule has 0 spiro atoms. The van der Waals surface area contributed by atoms with Gasteiger partial charge < -0.3 is 24.8 Å². The lowest BCUT2D eigenvalue weighted by atomic mass is 10.1. The Morgan fingerprint density at radius 3 is 2.45 bits per heavy atom. The monoisotopic (exact) mass is 518 g/mol. The van der Waals surface area contributed by atoms with Crippen molar-refractivity contribution in [2.24, 2.45) is 5.10 Å². The molecule has 10 nitrogen and oxygen atoms in total. The average molecular weight is 519 g/mol. The fraction of sp³-hybridized carbons (Fsp3) is 0.214. The van der Waals surface area contributed by atoms with Crippen LogP contribution >= 0.6 is 0 Å². The maximum atomic E-state index is 12.3. The molecule has 0 atom stereocenters. The van der Waals surface area contributed by atoms with Gasteiger partial charge in [0.25, 0.3) is 5.91 Å². The first kappa shape index (κ1) is 27.7. The summed E-state index contributed by atoms with van der Waals surface area (Å²) in [7, 11) is 1.55. The van der Waals surface area contributed by atoms with Crippen LogP contribution in [0.1, 0.15) is 25.0 Å². The van der Waals surface area contributed by atoms with E-state index < -0.39 is 11.8 Å². The van der Waals surface area contributed by atoms with E-state index in [0.717, 1.165) is 5.56 Å². The minimum absolute atomic E-state index is 0.239. The molecule has 0 aliphatic carbocycles. The first-order valence-corrected chi connectivity index (χ1v) is 12.0. The molecule has 0 aromatic heterocycles.